The molecular formula is C17H22N2O2. The summed E-state index contributed by atoms with van der Waals surface area (Å²) in [4.78, 5) is 10.9. The van der Waals surface area contributed by atoms with E-state index in [0.717, 1.165) is 22.9 Å². The fourth-order valence-electron chi connectivity index (χ4n) is 2.40. The number of rotatable bonds is 7. The van der Waals surface area contributed by atoms with Gasteiger partial charge in [0.1, 0.15) is 6.04 Å². The fourth-order valence-corrected chi connectivity index (χ4v) is 2.40. The molecule has 2 aromatic rings. The van der Waals surface area contributed by atoms with E-state index in [0.29, 0.717) is 6.42 Å². The minimum absolute atomic E-state index is 0.339. The van der Waals surface area contributed by atoms with Gasteiger partial charge in [-0.3, -0.25) is 4.79 Å². The number of nitrogens with zero attached hydrogens (tertiary/aromatic N) is 1. The topological polar surface area (TPSA) is 68.2 Å². The Morgan fingerprint density at radius 1 is 1.43 bits per heavy atom. The Balaban J connectivity index is 2.30. The zero-order valence-corrected chi connectivity index (χ0v) is 12.3. The Hall–Kier alpha value is -2.07. The molecule has 4 heteroatoms. The number of carboxylic acids is 1. The molecule has 4 nitrogen and oxygen atoms in total. The third kappa shape index (κ3) is 3.73. The molecule has 1 atom stereocenters. The maximum atomic E-state index is 10.9. The zero-order valence-electron chi connectivity index (χ0n) is 12.3. The van der Waals surface area contributed by atoms with Crippen molar-refractivity contribution in [2.24, 2.45) is 5.73 Å². The second kappa shape index (κ2) is 7.09. The number of aromatic nitrogens is 1. The number of unbranched alkanes of at least 4 members (excludes halogenated alkanes) is 2. The number of para-hydroxylation sites is 1. The van der Waals surface area contributed by atoms with Gasteiger partial charge in [-0.15, -0.1) is 0 Å². The highest BCUT2D eigenvalue weighted by molar-refractivity contribution is 5.86. The van der Waals surface area contributed by atoms with Crippen LogP contribution in [0.4, 0.5) is 0 Å². The summed E-state index contributed by atoms with van der Waals surface area (Å²) < 4.78 is 2.05. The van der Waals surface area contributed by atoms with Crippen molar-refractivity contribution in [3.63, 3.8) is 0 Å². The standard InChI is InChI=1S/C17H22N2O2/c1-2-3-4-7-10-19-12-13(11-15(18)17(20)21)14-8-5-6-9-16(14)19/h5-10,12,15H,2-4,11,18H2,1H3,(H,20,21). The number of carboxylic acid groups (broad SMARTS) is 1. The summed E-state index contributed by atoms with van der Waals surface area (Å²) in [7, 11) is 0. The lowest BCUT2D eigenvalue weighted by atomic mass is 10.1. The summed E-state index contributed by atoms with van der Waals surface area (Å²) in [6.07, 6.45) is 9.92. The number of carbonyl (C=O) groups is 1. The van der Waals surface area contributed by atoms with E-state index >= 15 is 0 Å². The fraction of sp³-hybridized carbons (Fsp3) is 0.353. The van der Waals surface area contributed by atoms with Crippen LogP contribution in [-0.4, -0.2) is 21.7 Å². The van der Waals surface area contributed by atoms with Crippen molar-refractivity contribution in [1.29, 1.82) is 0 Å². The van der Waals surface area contributed by atoms with Gasteiger partial charge in [0.2, 0.25) is 0 Å². The van der Waals surface area contributed by atoms with Crippen molar-refractivity contribution < 1.29 is 9.90 Å². The largest absolute Gasteiger partial charge is 0.480 e. The molecule has 21 heavy (non-hydrogen) atoms. The molecule has 0 aliphatic rings. The van der Waals surface area contributed by atoms with Crippen LogP contribution in [0.25, 0.3) is 17.1 Å². The highest BCUT2D eigenvalue weighted by Crippen LogP contribution is 2.23. The number of hydrogen-bond donors (Lipinski definition) is 2. The average molecular weight is 286 g/mol. The quantitative estimate of drug-likeness (QED) is 0.768. The van der Waals surface area contributed by atoms with Crippen molar-refractivity contribution in [2.75, 3.05) is 0 Å². The van der Waals surface area contributed by atoms with Gasteiger partial charge in [0.05, 0.1) is 5.52 Å². The first-order valence-electron chi connectivity index (χ1n) is 7.37. The molecule has 1 unspecified atom stereocenters. The van der Waals surface area contributed by atoms with Gasteiger partial charge < -0.3 is 15.4 Å². The first kappa shape index (κ1) is 15.3. The normalized spacial score (nSPS) is 13.0. The third-order valence-corrected chi connectivity index (χ3v) is 3.57. The maximum absolute atomic E-state index is 10.9. The summed E-state index contributed by atoms with van der Waals surface area (Å²) in [5.41, 5.74) is 7.72. The lowest BCUT2D eigenvalue weighted by molar-refractivity contribution is -0.138. The Morgan fingerprint density at radius 2 is 2.19 bits per heavy atom. The van der Waals surface area contributed by atoms with Gasteiger partial charge >= 0.3 is 5.97 Å². The molecule has 1 heterocycles. The second-order valence-electron chi connectivity index (χ2n) is 5.25. The molecule has 112 valence electrons. The Labute approximate surface area is 124 Å². The van der Waals surface area contributed by atoms with Crippen LogP contribution in [0.15, 0.2) is 36.5 Å². The number of nitrogens with two attached hydrogens (primary N) is 1. The van der Waals surface area contributed by atoms with Crippen LogP contribution in [0.1, 0.15) is 31.7 Å². The van der Waals surface area contributed by atoms with E-state index in [2.05, 4.69) is 17.6 Å². The van der Waals surface area contributed by atoms with E-state index in [4.69, 9.17) is 10.8 Å². The van der Waals surface area contributed by atoms with Gasteiger partial charge in [-0.1, -0.05) is 44.0 Å². The summed E-state index contributed by atoms with van der Waals surface area (Å²) in [6.45, 7) is 2.17. The van der Waals surface area contributed by atoms with Gasteiger partial charge in [-0.2, -0.15) is 0 Å². The Bertz CT molecular complexity index is 643. The van der Waals surface area contributed by atoms with Gasteiger partial charge in [0, 0.05) is 24.2 Å². The average Bonchev–Trinajstić information content (AvgIpc) is 2.82. The molecule has 3 N–H and O–H groups in total. The van der Waals surface area contributed by atoms with Gasteiger partial charge in [0.25, 0.3) is 0 Å². The van der Waals surface area contributed by atoms with E-state index in [-0.39, 0.29) is 0 Å². The minimum atomic E-state index is -0.967. The maximum Gasteiger partial charge on any atom is 0.320 e. The van der Waals surface area contributed by atoms with Crippen LogP contribution in [-0.2, 0) is 11.2 Å². The van der Waals surface area contributed by atoms with Crippen molar-refractivity contribution in [1.82, 2.24) is 4.57 Å². The van der Waals surface area contributed by atoms with Gasteiger partial charge in [-0.05, 0) is 18.1 Å². The zero-order chi connectivity index (χ0) is 15.2. The van der Waals surface area contributed by atoms with Crippen molar-refractivity contribution in [3.8, 4) is 0 Å². The number of fused-ring (bicyclic) bond motifs is 1. The van der Waals surface area contributed by atoms with E-state index in [1.54, 1.807) is 0 Å². The van der Waals surface area contributed by atoms with Crippen molar-refractivity contribution in [2.45, 2.75) is 38.6 Å². The monoisotopic (exact) mass is 286 g/mol. The lowest BCUT2D eigenvalue weighted by Gasteiger charge is -2.04. The SMILES string of the molecule is CCCCC=Cn1cc(CC(N)C(=O)O)c2ccccc21. The van der Waals surface area contributed by atoms with Crippen LogP contribution >= 0.6 is 0 Å². The molecule has 0 fully saturated rings. The van der Waals surface area contributed by atoms with Crippen molar-refractivity contribution >= 4 is 23.1 Å². The molecule has 0 spiro atoms. The Morgan fingerprint density at radius 3 is 2.90 bits per heavy atom. The van der Waals surface area contributed by atoms with Crippen LogP contribution in [0.3, 0.4) is 0 Å². The lowest BCUT2D eigenvalue weighted by Crippen LogP contribution is -2.32. The van der Waals surface area contributed by atoms with Crippen LogP contribution < -0.4 is 5.73 Å². The highest BCUT2D eigenvalue weighted by atomic mass is 16.4. The van der Waals surface area contributed by atoms with E-state index in [9.17, 15) is 4.79 Å². The molecule has 1 aromatic carbocycles. The van der Waals surface area contributed by atoms with E-state index in [1.807, 2.05) is 36.7 Å². The number of hydrogen-bond acceptors (Lipinski definition) is 2. The summed E-state index contributed by atoms with van der Waals surface area (Å²) in [5, 5.41) is 10.0. The molecule has 0 saturated heterocycles. The first-order chi connectivity index (χ1) is 10.1. The number of allylic oxidation sites excluding steroid dienone is 1. The molecule has 0 aliphatic heterocycles. The second-order valence-corrected chi connectivity index (χ2v) is 5.25. The predicted molar refractivity (Wildman–Crippen MR) is 86.1 cm³/mol. The Kier molecular flexibility index (Phi) is 5.17. The molecule has 0 bridgehead atoms. The smallest absolute Gasteiger partial charge is 0.320 e. The minimum Gasteiger partial charge on any atom is -0.480 e. The van der Waals surface area contributed by atoms with Crippen molar-refractivity contribution in [3.05, 3.63) is 42.1 Å². The summed E-state index contributed by atoms with van der Waals surface area (Å²) in [5.74, 6) is -0.967. The first-order valence-corrected chi connectivity index (χ1v) is 7.37. The third-order valence-electron chi connectivity index (χ3n) is 3.57. The van der Waals surface area contributed by atoms with Gasteiger partial charge in [-0.25, -0.2) is 0 Å². The molecule has 0 aliphatic carbocycles. The van der Waals surface area contributed by atoms with Crippen LogP contribution in [0, 0.1) is 0 Å². The molecule has 0 radical (unpaired) electrons. The summed E-state index contributed by atoms with van der Waals surface area (Å²) in [6, 6.07) is 7.13. The molecule has 0 saturated carbocycles. The highest BCUT2D eigenvalue weighted by Gasteiger charge is 2.15. The summed E-state index contributed by atoms with van der Waals surface area (Å²) >= 11 is 0. The molecule has 1 aromatic heterocycles. The molecule has 2 rings (SSSR count). The number of benzene rings is 1. The molecule has 0 amide bonds. The number of aliphatic carboxylic acids is 1. The van der Waals surface area contributed by atoms with Crippen LogP contribution in [0.2, 0.25) is 0 Å². The predicted octanol–water partition coefficient (Wildman–Crippen LogP) is 3.26. The van der Waals surface area contributed by atoms with Crippen LogP contribution in [0.5, 0.6) is 0 Å². The molecular weight excluding hydrogens is 264 g/mol. The van der Waals surface area contributed by atoms with E-state index in [1.165, 1.54) is 12.8 Å². The van der Waals surface area contributed by atoms with E-state index < -0.39 is 12.0 Å². The van der Waals surface area contributed by atoms with Gasteiger partial charge in [0.15, 0.2) is 0 Å².